The lowest BCUT2D eigenvalue weighted by Gasteiger charge is -2.33. The number of aryl methyl sites for hydroxylation is 1. The van der Waals surface area contributed by atoms with E-state index in [4.69, 9.17) is 0 Å². The van der Waals surface area contributed by atoms with E-state index in [1.807, 2.05) is 0 Å². The van der Waals surface area contributed by atoms with Crippen molar-refractivity contribution in [3.63, 3.8) is 0 Å². The Balaban J connectivity index is 1.93. The summed E-state index contributed by atoms with van der Waals surface area (Å²) in [6.45, 7) is 6.08. The lowest BCUT2D eigenvalue weighted by atomic mass is 10.0. The third kappa shape index (κ3) is 2.64. The van der Waals surface area contributed by atoms with E-state index in [1.165, 1.54) is 11.1 Å². The Labute approximate surface area is 112 Å². The molecule has 1 aliphatic rings. The number of H-pyrrole nitrogens is 1. The van der Waals surface area contributed by atoms with Crippen LogP contribution in [0.15, 0.2) is 24.3 Å². The molecule has 1 atom stereocenters. The van der Waals surface area contributed by atoms with Crippen molar-refractivity contribution in [1.82, 2.24) is 30.8 Å². The van der Waals surface area contributed by atoms with Crippen molar-refractivity contribution < 1.29 is 0 Å². The van der Waals surface area contributed by atoms with Gasteiger partial charge in [0.15, 0.2) is 5.82 Å². The lowest BCUT2D eigenvalue weighted by molar-refractivity contribution is 0.192. The minimum Gasteiger partial charge on any atom is -0.314 e. The Bertz CT molecular complexity index is 500. The van der Waals surface area contributed by atoms with E-state index in [-0.39, 0.29) is 6.04 Å². The smallest absolute Gasteiger partial charge is 0.196 e. The van der Waals surface area contributed by atoms with E-state index in [9.17, 15) is 0 Å². The summed E-state index contributed by atoms with van der Waals surface area (Å²) in [7, 11) is 0. The Morgan fingerprint density at radius 3 is 2.53 bits per heavy atom. The van der Waals surface area contributed by atoms with Crippen LogP contribution in [0.4, 0.5) is 0 Å². The van der Waals surface area contributed by atoms with E-state index >= 15 is 0 Å². The van der Waals surface area contributed by atoms with Gasteiger partial charge in [0.2, 0.25) is 0 Å². The molecule has 1 aromatic heterocycles. The van der Waals surface area contributed by atoms with Crippen LogP contribution in [0, 0.1) is 6.92 Å². The number of hydrogen-bond acceptors (Lipinski definition) is 5. The summed E-state index contributed by atoms with van der Waals surface area (Å²) in [5.41, 5.74) is 2.48. The van der Waals surface area contributed by atoms with E-state index in [0.717, 1.165) is 32.0 Å². The van der Waals surface area contributed by atoms with Gasteiger partial charge in [0.05, 0.1) is 6.04 Å². The number of nitrogens with one attached hydrogen (secondary N) is 2. The fourth-order valence-electron chi connectivity index (χ4n) is 2.50. The third-order valence-corrected chi connectivity index (χ3v) is 3.52. The molecule has 1 saturated heterocycles. The summed E-state index contributed by atoms with van der Waals surface area (Å²) in [4.78, 5) is 2.39. The standard InChI is InChI=1S/C13H18N6/c1-10-2-4-11(5-3-10)12(13-15-17-18-16-13)19-8-6-14-7-9-19/h2-5,12,14H,6-9H2,1H3,(H,15,16,17,18). The number of aromatic nitrogens is 4. The first-order valence-electron chi connectivity index (χ1n) is 6.59. The normalized spacial score (nSPS) is 18.4. The van der Waals surface area contributed by atoms with Gasteiger partial charge in [-0.05, 0) is 12.5 Å². The first kappa shape index (κ1) is 12.3. The highest BCUT2D eigenvalue weighted by atomic mass is 15.5. The van der Waals surface area contributed by atoms with Gasteiger partial charge in [0.25, 0.3) is 0 Å². The zero-order valence-electron chi connectivity index (χ0n) is 11.0. The third-order valence-electron chi connectivity index (χ3n) is 3.52. The number of tetrazole rings is 1. The fourth-order valence-corrected chi connectivity index (χ4v) is 2.50. The maximum atomic E-state index is 4.18. The van der Waals surface area contributed by atoms with Crippen LogP contribution < -0.4 is 5.32 Å². The molecule has 6 nitrogen and oxygen atoms in total. The van der Waals surface area contributed by atoms with Gasteiger partial charge in [-0.15, -0.1) is 10.2 Å². The molecular weight excluding hydrogens is 240 g/mol. The molecular formula is C13H18N6. The van der Waals surface area contributed by atoms with Gasteiger partial charge >= 0.3 is 0 Å². The van der Waals surface area contributed by atoms with E-state index in [1.54, 1.807) is 0 Å². The molecule has 2 aromatic rings. The van der Waals surface area contributed by atoms with Crippen molar-refractivity contribution in [3.05, 3.63) is 41.2 Å². The molecule has 6 heteroatoms. The van der Waals surface area contributed by atoms with E-state index in [0.29, 0.717) is 0 Å². The highest BCUT2D eigenvalue weighted by molar-refractivity contribution is 5.28. The fraction of sp³-hybridized carbons (Fsp3) is 0.462. The van der Waals surface area contributed by atoms with Crippen molar-refractivity contribution in [2.45, 2.75) is 13.0 Å². The van der Waals surface area contributed by atoms with Crippen LogP contribution in [0.3, 0.4) is 0 Å². The zero-order chi connectivity index (χ0) is 13.1. The van der Waals surface area contributed by atoms with Crippen molar-refractivity contribution in [2.75, 3.05) is 26.2 Å². The van der Waals surface area contributed by atoms with E-state index in [2.05, 4.69) is 62.0 Å². The maximum Gasteiger partial charge on any atom is 0.196 e. The monoisotopic (exact) mass is 258 g/mol. The van der Waals surface area contributed by atoms with Crippen LogP contribution in [-0.2, 0) is 0 Å². The van der Waals surface area contributed by atoms with Gasteiger partial charge in [0.1, 0.15) is 0 Å². The molecule has 0 aliphatic carbocycles. The predicted octanol–water partition coefficient (Wildman–Crippen LogP) is 0.503. The molecule has 0 bridgehead atoms. The van der Waals surface area contributed by atoms with Crippen molar-refractivity contribution in [2.24, 2.45) is 0 Å². The second kappa shape index (κ2) is 5.46. The van der Waals surface area contributed by atoms with Crippen LogP contribution in [0.1, 0.15) is 23.0 Å². The molecule has 0 amide bonds. The van der Waals surface area contributed by atoms with Gasteiger partial charge in [-0.3, -0.25) is 4.90 Å². The molecule has 3 rings (SSSR count). The number of benzene rings is 1. The van der Waals surface area contributed by atoms with Gasteiger partial charge in [-0.25, -0.2) is 0 Å². The molecule has 2 N–H and O–H groups in total. The molecule has 1 fully saturated rings. The summed E-state index contributed by atoms with van der Waals surface area (Å²) in [5.74, 6) is 0.741. The summed E-state index contributed by atoms with van der Waals surface area (Å²) in [6, 6.07) is 8.65. The largest absolute Gasteiger partial charge is 0.314 e. The predicted molar refractivity (Wildman–Crippen MR) is 71.6 cm³/mol. The molecule has 1 aromatic carbocycles. The van der Waals surface area contributed by atoms with Gasteiger partial charge in [-0.1, -0.05) is 35.0 Å². The molecule has 0 saturated carbocycles. The summed E-state index contributed by atoms with van der Waals surface area (Å²) in [6.07, 6.45) is 0. The number of aromatic amines is 1. The Hall–Kier alpha value is -1.79. The van der Waals surface area contributed by atoms with Crippen LogP contribution in [0.2, 0.25) is 0 Å². The Morgan fingerprint density at radius 2 is 1.89 bits per heavy atom. The minimum absolute atomic E-state index is 0.0847. The molecule has 0 radical (unpaired) electrons. The summed E-state index contributed by atoms with van der Waals surface area (Å²) in [5, 5.41) is 18.0. The quantitative estimate of drug-likeness (QED) is 0.839. The second-order valence-electron chi connectivity index (χ2n) is 4.87. The van der Waals surface area contributed by atoms with E-state index < -0.39 is 0 Å². The maximum absolute atomic E-state index is 4.18. The summed E-state index contributed by atoms with van der Waals surface area (Å²) >= 11 is 0. The van der Waals surface area contributed by atoms with Crippen molar-refractivity contribution >= 4 is 0 Å². The minimum atomic E-state index is 0.0847. The molecule has 1 aliphatic heterocycles. The average Bonchev–Trinajstić information content (AvgIpc) is 2.96. The number of hydrogen-bond donors (Lipinski definition) is 2. The molecule has 0 spiro atoms. The van der Waals surface area contributed by atoms with Gasteiger partial charge in [-0.2, -0.15) is 5.21 Å². The van der Waals surface area contributed by atoms with Crippen LogP contribution in [0.5, 0.6) is 0 Å². The van der Waals surface area contributed by atoms with Gasteiger partial charge < -0.3 is 5.32 Å². The number of rotatable bonds is 3. The zero-order valence-corrected chi connectivity index (χ0v) is 11.0. The first-order chi connectivity index (χ1) is 9.34. The highest BCUT2D eigenvalue weighted by Crippen LogP contribution is 2.26. The number of piperazine rings is 1. The number of nitrogens with zero attached hydrogens (tertiary/aromatic N) is 4. The van der Waals surface area contributed by atoms with Crippen LogP contribution in [0.25, 0.3) is 0 Å². The lowest BCUT2D eigenvalue weighted by Crippen LogP contribution is -2.45. The first-order valence-corrected chi connectivity index (χ1v) is 6.59. The Kier molecular flexibility index (Phi) is 3.52. The SMILES string of the molecule is Cc1ccc(C(c2nn[nH]n2)N2CCNCC2)cc1. The Morgan fingerprint density at radius 1 is 1.16 bits per heavy atom. The molecule has 1 unspecified atom stereocenters. The average molecular weight is 258 g/mol. The van der Waals surface area contributed by atoms with Crippen LogP contribution >= 0.6 is 0 Å². The second-order valence-corrected chi connectivity index (χ2v) is 4.87. The highest BCUT2D eigenvalue weighted by Gasteiger charge is 2.26. The van der Waals surface area contributed by atoms with Crippen LogP contribution in [-0.4, -0.2) is 51.7 Å². The summed E-state index contributed by atoms with van der Waals surface area (Å²) < 4.78 is 0. The topological polar surface area (TPSA) is 69.7 Å². The van der Waals surface area contributed by atoms with Crippen molar-refractivity contribution in [3.8, 4) is 0 Å². The molecule has 2 heterocycles. The van der Waals surface area contributed by atoms with Crippen molar-refractivity contribution in [1.29, 1.82) is 0 Å². The molecule has 19 heavy (non-hydrogen) atoms. The molecule has 100 valence electrons. The van der Waals surface area contributed by atoms with Gasteiger partial charge in [0, 0.05) is 26.2 Å².